The Morgan fingerprint density at radius 2 is 1.17 bits per heavy atom. The van der Waals surface area contributed by atoms with Crippen LogP contribution in [0.4, 0.5) is 21.5 Å². The summed E-state index contributed by atoms with van der Waals surface area (Å²) in [6.45, 7) is 17.3. The lowest BCUT2D eigenvalue weighted by atomic mass is 10.0. The molecule has 6 aromatic heterocycles. The van der Waals surface area contributed by atoms with Crippen molar-refractivity contribution in [2.75, 3.05) is 73.7 Å². The van der Waals surface area contributed by atoms with Gasteiger partial charge in [-0.3, -0.25) is 13.7 Å². The molecule has 6 aromatic carbocycles. The Morgan fingerprint density at radius 1 is 0.583 bits per heavy atom. The zero-order chi connectivity index (χ0) is 69.8. The molecule has 18 nitrogen and oxygen atoms in total. The van der Waals surface area contributed by atoms with E-state index in [-0.39, 0.29) is 18.5 Å². The van der Waals surface area contributed by atoms with Crippen LogP contribution in [-0.2, 0) is 19.6 Å². The molecule has 103 heavy (non-hydrogen) atoms. The Kier molecular flexibility index (Phi) is 17.5. The van der Waals surface area contributed by atoms with Gasteiger partial charge in [-0.05, 0) is 206 Å². The van der Waals surface area contributed by atoms with E-state index in [0.717, 1.165) is 175 Å². The third-order valence-electron chi connectivity index (χ3n) is 22.5. The molecule has 4 fully saturated rings. The molecule has 19 rings (SSSR count). The van der Waals surface area contributed by atoms with Crippen LogP contribution in [0.2, 0.25) is 0 Å². The highest BCUT2D eigenvalue weighted by Gasteiger charge is 2.38. The van der Waals surface area contributed by atoms with Crippen molar-refractivity contribution in [3.05, 3.63) is 228 Å². The average Bonchev–Trinajstić information content (AvgIpc) is 1.61. The van der Waals surface area contributed by atoms with E-state index >= 15 is 0 Å². The number of hydrogen-bond acceptors (Lipinski definition) is 12. The van der Waals surface area contributed by atoms with Crippen LogP contribution in [0.1, 0.15) is 85.9 Å². The topological polar surface area (TPSA) is 183 Å². The number of aryl methyl sites for hydroxylation is 1. The Morgan fingerprint density at radius 3 is 1.83 bits per heavy atom. The summed E-state index contributed by atoms with van der Waals surface area (Å²) >= 11 is 0. The number of hydrogen-bond donors (Lipinski definition) is 3. The standard InChI is InChI=1S/C30H34FN5O.C29H27N5.C25H23N7/c1-20(2)27(19-37)33-15-21-9-11-34(16-21)26-7-8-28-24(13-26)18-35-17-23(22-3-5-25(31)6-4-22)14-29(35)30-32-10-12-36(28)30;1-19-16-31-29-28-14-23(21-7-5-20(15-30)6-8-21)17-32(28)18-24-13-25(9-10-27(24)34(19)29)33-12-11-22-3-2-4-26(22)33;26-14-18-2-4-19(5-3-18)20-13-24-25-29-28-17-32(25)23-7-6-22(12-21(23)16-31(24)15-20)30-10-1-8-27-9-11-30/h3-8,10,12-14,17,20-21,27,33,37H,9,11,15-16,18-19H2,1-2H3;5-10,13-14,16-17,22,26H,2-4,11-12,18H2,1H3;2-7,12-13,15,17,27H,1,8-11,16H2/t21-,27-;22-,26-;/m10./s1. The summed E-state index contributed by atoms with van der Waals surface area (Å²) in [4.78, 5) is 17.1. The van der Waals surface area contributed by atoms with Gasteiger partial charge >= 0.3 is 0 Å². The van der Waals surface area contributed by atoms with Crippen molar-refractivity contribution >= 4 is 17.1 Å². The maximum absolute atomic E-state index is 13.5. The van der Waals surface area contributed by atoms with Gasteiger partial charge in [-0.25, -0.2) is 14.4 Å². The summed E-state index contributed by atoms with van der Waals surface area (Å²) in [6, 6.07) is 54.6. The van der Waals surface area contributed by atoms with Crippen LogP contribution in [-0.4, -0.2) is 124 Å². The van der Waals surface area contributed by atoms with Crippen LogP contribution in [0, 0.1) is 53.2 Å². The van der Waals surface area contributed by atoms with E-state index in [1.165, 1.54) is 83.8 Å². The molecule has 0 bridgehead atoms. The minimum Gasteiger partial charge on any atom is -0.395 e. The van der Waals surface area contributed by atoms with Crippen LogP contribution in [0.15, 0.2) is 189 Å². The van der Waals surface area contributed by atoms with Gasteiger partial charge in [0, 0.05) is 154 Å². The maximum Gasteiger partial charge on any atom is 0.185 e. The van der Waals surface area contributed by atoms with Gasteiger partial charge in [-0.15, -0.1) is 10.2 Å². The number of aromatic nitrogens is 10. The fourth-order valence-electron chi connectivity index (χ4n) is 16.9. The van der Waals surface area contributed by atoms with E-state index < -0.39 is 0 Å². The lowest BCUT2D eigenvalue weighted by Gasteiger charge is -2.27. The fraction of sp³-hybridized carbons (Fsp3) is 0.310. The number of halogens is 1. The fourth-order valence-corrected chi connectivity index (χ4v) is 16.9. The minimum atomic E-state index is -0.227. The summed E-state index contributed by atoms with van der Waals surface area (Å²) in [5.41, 5.74) is 23.5. The van der Waals surface area contributed by atoms with Gasteiger partial charge in [-0.1, -0.05) is 56.7 Å². The van der Waals surface area contributed by atoms with E-state index in [4.69, 9.17) is 15.5 Å². The second kappa shape index (κ2) is 27.7. The second-order valence-corrected chi connectivity index (χ2v) is 29.1. The minimum absolute atomic E-state index is 0.154. The quantitative estimate of drug-likeness (QED) is 0.112. The smallest absolute Gasteiger partial charge is 0.185 e. The van der Waals surface area contributed by atoms with Gasteiger partial charge in [0.15, 0.2) is 17.5 Å². The van der Waals surface area contributed by atoms with Crippen LogP contribution >= 0.6 is 0 Å². The number of aliphatic hydroxyl groups excluding tert-OH is 1. The van der Waals surface area contributed by atoms with Crippen molar-refractivity contribution in [3.63, 3.8) is 0 Å². The number of rotatable bonds is 11. The highest BCUT2D eigenvalue weighted by atomic mass is 19.1. The molecule has 19 heteroatoms. The van der Waals surface area contributed by atoms with Crippen molar-refractivity contribution < 1.29 is 9.50 Å². The molecule has 0 amide bonds. The molecule has 3 saturated heterocycles. The van der Waals surface area contributed by atoms with Crippen LogP contribution < -0.4 is 25.3 Å². The molecule has 0 radical (unpaired) electrons. The summed E-state index contributed by atoms with van der Waals surface area (Å²) in [7, 11) is 0. The molecule has 12 aromatic rings. The average molecular weight is 1370 g/mol. The Hall–Kier alpha value is -11.1. The van der Waals surface area contributed by atoms with E-state index in [2.05, 4.69) is 192 Å². The molecule has 1 aliphatic carbocycles. The predicted octanol–water partition coefficient (Wildman–Crippen LogP) is 14.3. The molecule has 3 N–H and O–H groups in total. The second-order valence-electron chi connectivity index (χ2n) is 29.1. The third kappa shape index (κ3) is 12.6. The van der Waals surface area contributed by atoms with Crippen LogP contribution in [0.3, 0.4) is 0 Å². The zero-order valence-corrected chi connectivity index (χ0v) is 58.5. The Labute approximate surface area is 600 Å². The first-order chi connectivity index (χ1) is 50.5. The molecule has 4 atom stereocenters. The number of benzene rings is 6. The number of imidazole rings is 2. The maximum atomic E-state index is 13.5. The normalized spacial score (nSPS) is 17.7. The first-order valence-electron chi connectivity index (χ1n) is 36.6. The zero-order valence-electron chi connectivity index (χ0n) is 58.5. The van der Waals surface area contributed by atoms with Crippen molar-refractivity contribution in [1.29, 1.82) is 10.5 Å². The van der Waals surface area contributed by atoms with E-state index in [1.807, 2.05) is 79.3 Å². The highest BCUT2D eigenvalue weighted by Crippen LogP contribution is 2.44. The lowest BCUT2D eigenvalue weighted by molar-refractivity contribution is 0.206. The molecule has 12 heterocycles. The lowest BCUT2D eigenvalue weighted by Crippen LogP contribution is -2.40. The molecular weight excluding hydrogens is 1280 g/mol. The van der Waals surface area contributed by atoms with Crippen molar-refractivity contribution in [2.45, 2.75) is 91.0 Å². The van der Waals surface area contributed by atoms with E-state index in [9.17, 15) is 9.50 Å². The van der Waals surface area contributed by atoms with Crippen LogP contribution in [0.25, 0.3) is 85.0 Å². The summed E-state index contributed by atoms with van der Waals surface area (Å²) in [5, 5.41) is 43.6. The van der Waals surface area contributed by atoms with Gasteiger partial charge in [0.25, 0.3) is 0 Å². The van der Waals surface area contributed by atoms with Crippen molar-refractivity contribution in [3.8, 4) is 97.1 Å². The summed E-state index contributed by atoms with van der Waals surface area (Å²) in [6.07, 6.45) is 21.9. The highest BCUT2D eigenvalue weighted by molar-refractivity contribution is 5.76. The van der Waals surface area contributed by atoms with Crippen molar-refractivity contribution in [1.82, 2.24) is 58.2 Å². The monoisotopic (exact) mass is 1370 g/mol. The number of nitriles is 2. The van der Waals surface area contributed by atoms with Gasteiger partial charge in [0.1, 0.15) is 12.1 Å². The molecule has 0 spiro atoms. The molecule has 518 valence electrons. The first-order valence-corrected chi connectivity index (χ1v) is 36.6. The molecule has 7 aliphatic rings. The van der Waals surface area contributed by atoms with Gasteiger partial charge < -0.3 is 44.1 Å². The van der Waals surface area contributed by atoms with Gasteiger partial charge in [0.2, 0.25) is 0 Å². The van der Waals surface area contributed by atoms with Gasteiger partial charge in [-0.2, -0.15) is 10.5 Å². The third-order valence-corrected chi connectivity index (χ3v) is 22.5. The number of nitrogens with one attached hydrogen (secondary N) is 2. The van der Waals surface area contributed by atoms with Crippen molar-refractivity contribution in [2.24, 2.45) is 17.8 Å². The van der Waals surface area contributed by atoms with Crippen LogP contribution in [0.5, 0.6) is 0 Å². The SMILES string of the molecule is CC(C)[C@@H](CO)NC[C@H]1CCN(c2ccc3c(c2)Cn2cc(-c4ccc(F)cc4)cc2-c2nccn2-3)C1.Cc1cnc2n1-c1ccc(N3CC[C@@H]4CCC[C@@H]43)cc1Cn1cc(-c3ccc(C#N)cc3)cc1-2.N#Cc1ccc(-c2cc3n(c2)Cc2cc(N4CCCNCC4)ccc2-n2cnnc2-3)cc1. The number of anilines is 3. The Bertz CT molecular complexity index is 5180. The number of aliphatic hydroxyl groups is 1. The van der Waals surface area contributed by atoms with E-state index in [1.54, 1.807) is 6.33 Å². The number of fused-ring (bicyclic) bond motifs is 16. The number of nitrogens with zero attached hydrogens (tertiary/aromatic N) is 15. The molecule has 6 aliphatic heterocycles. The molecule has 1 saturated carbocycles. The molecular formula is C84H84FN17O. The van der Waals surface area contributed by atoms with Gasteiger partial charge in [0.05, 0.1) is 64.0 Å². The Balaban J connectivity index is 0.000000115. The predicted molar refractivity (Wildman–Crippen MR) is 403 cm³/mol. The van der Waals surface area contributed by atoms with E-state index in [0.29, 0.717) is 23.0 Å². The largest absolute Gasteiger partial charge is 0.395 e. The molecule has 0 unspecified atom stereocenters. The summed E-state index contributed by atoms with van der Waals surface area (Å²) < 4.78 is 26.9. The first kappa shape index (κ1) is 65.2. The summed E-state index contributed by atoms with van der Waals surface area (Å²) in [5.74, 6) is 4.39.